The van der Waals surface area contributed by atoms with E-state index in [1.807, 2.05) is 32.9 Å². The lowest BCUT2D eigenvalue weighted by Crippen LogP contribution is -2.41. The second kappa shape index (κ2) is 7.74. The Morgan fingerprint density at radius 1 is 1.27 bits per heavy atom. The first kappa shape index (κ1) is 20.4. The summed E-state index contributed by atoms with van der Waals surface area (Å²) < 4.78 is 5.45. The summed E-state index contributed by atoms with van der Waals surface area (Å²) in [6.07, 6.45) is 1.56. The number of aliphatic hydroxyl groups is 1. The normalized spacial score (nSPS) is 16.5. The van der Waals surface area contributed by atoms with Crippen LogP contribution in [-0.2, 0) is 4.74 Å². The number of anilines is 2. The fourth-order valence-electron chi connectivity index (χ4n) is 3.03. The summed E-state index contributed by atoms with van der Waals surface area (Å²) >= 11 is 0. The Balaban J connectivity index is 1.93. The number of benzene rings is 1. The van der Waals surface area contributed by atoms with E-state index in [0.717, 1.165) is 18.5 Å². The highest BCUT2D eigenvalue weighted by atomic mass is 16.6. The van der Waals surface area contributed by atoms with Crippen molar-refractivity contribution in [1.29, 1.82) is 0 Å². The van der Waals surface area contributed by atoms with Gasteiger partial charge in [0.2, 0.25) is 0 Å². The van der Waals surface area contributed by atoms with E-state index in [-0.39, 0.29) is 6.09 Å². The van der Waals surface area contributed by atoms with E-state index in [1.54, 1.807) is 18.7 Å². The number of hydrogen-bond acceptors (Lipinski definition) is 5. The molecule has 6 heteroatoms. The van der Waals surface area contributed by atoms with Gasteiger partial charge >= 0.3 is 6.09 Å². The number of carbonyl (C=O) groups excluding carboxylic acids is 1. The van der Waals surface area contributed by atoms with Gasteiger partial charge in [0.15, 0.2) is 0 Å². The molecule has 1 aliphatic heterocycles. The SMILES string of the molecule is CC(C)(O)CNc1ccc(C2CCN(C(=O)OC(C)(C)C)CC2)cc1N. The second-order valence-electron chi connectivity index (χ2n) is 8.75. The maximum Gasteiger partial charge on any atom is 0.410 e. The largest absolute Gasteiger partial charge is 0.444 e. The molecule has 0 unspecified atom stereocenters. The maximum atomic E-state index is 12.2. The molecular formula is C20H33N3O3. The Labute approximate surface area is 156 Å². The summed E-state index contributed by atoms with van der Waals surface area (Å²) in [6, 6.07) is 6.05. The van der Waals surface area contributed by atoms with Gasteiger partial charge in [0.1, 0.15) is 5.60 Å². The van der Waals surface area contributed by atoms with Crippen molar-refractivity contribution in [3.8, 4) is 0 Å². The molecule has 1 aromatic carbocycles. The number of carbonyl (C=O) groups is 1. The molecule has 6 nitrogen and oxygen atoms in total. The molecule has 1 aliphatic rings. The zero-order valence-electron chi connectivity index (χ0n) is 16.6. The van der Waals surface area contributed by atoms with Crippen molar-refractivity contribution in [2.24, 2.45) is 0 Å². The summed E-state index contributed by atoms with van der Waals surface area (Å²) in [5.74, 6) is 0.388. The average molecular weight is 364 g/mol. The highest BCUT2D eigenvalue weighted by molar-refractivity contribution is 5.69. The molecular weight excluding hydrogens is 330 g/mol. The Morgan fingerprint density at radius 3 is 2.38 bits per heavy atom. The first-order chi connectivity index (χ1) is 11.9. The van der Waals surface area contributed by atoms with Crippen molar-refractivity contribution < 1.29 is 14.6 Å². The number of likely N-dealkylation sites (tertiary alicyclic amines) is 1. The van der Waals surface area contributed by atoms with Crippen LogP contribution in [0.2, 0.25) is 0 Å². The van der Waals surface area contributed by atoms with Crippen LogP contribution in [0.25, 0.3) is 0 Å². The van der Waals surface area contributed by atoms with Gasteiger partial charge in [0.25, 0.3) is 0 Å². The van der Waals surface area contributed by atoms with E-state index in [0.29, 0.717) is 31.2 Å². The number of ether oxygens (including phenoxy) is 1. The van der Waals surface area contributed by atoms with E-state index in [4.69, 9.17) is 10.5 Å². The van der Waals surface area contributed by atoms with Crippen LogP contribution in [0.3, 0.4) is 0 Å². The number of amides is 1. The van der Waals surface area contributed by atoms with Gasteiger partial charge in [0, 0.05) is 19.6 Å². The first-order valence-electron chi connectivity index (χ1n) is 9.28. The van der Waals surface area contributed by atoms with Crippen LogP contribution in [0.4, 0.5) is 16.2 Å². The van der Waals surface area contributed by atoms with Gasteiger partial charge in [-0.05, 0) is 71.1 Å². The number of nitrogens with zero attached hydrogens (tertiary/aromatic N) is 1. The molecule has 1 fully saturated rings. The van der Waals surface area contributed by atoms with E-state index in [9.17, 15) is 9.90 Å². The predicted molar refractivity (Wildman–Crippen MR) is 105 cm³/mol. The molecule has 0 spiro atoms. The van der Waals surface area contributed by atoms with Gasteiger partial charge in [-0.15, -0.1) is 0 Å². The van der Waals surface area contributed by atoms with Crippen molar-refractivity contribution in [1.82, 2.24) is 4.90 Å². The van der Waals surface area contributed by atoms with Crippen LogP contribution in [0, 0.1) is 0 Å². The van der Waals surface area contributed by atoms with Crippen LogP contribution in [0.1, 0.15) is 58.9 Å². The Hall–Kier alpha value is -1.95. The third-order valence-corrected chi connectivity index (χ3v) is 4.41. The minimum Gasteiger partial charge on any atom is -0.444 e. The Morgan fingerprint density at radius 2 is 1.88 bits per heavy atom. The van der Waals surface area contributed by atoms with Crippen molar-refractivity contribution in [3.63, 3.8) is 0 Å². The molecule has 1 heterocycles. The second-order valence-corrected chi connectivity index (χ2v) is 8.75. The summed E-state index contributed by atoms with van der Waals surface area (Å²) in [5, 5.41) is 13.0. The smallest absolute Gasteiger partial charge is 0.410 e. The molecule has 0 saturated carbocycles. The minimum absolute atomic E-state index is 0.235. The van der Waals surface area contributed by atoms with E-state index in [1.165, 1.54) is 5.56 Å². The third kappa shape index (κ3) is 6.09. The maximum absolute atomic E-state index is 12.2. The Kier molecular flexibility index (Phi) is 6.06. The highest BCUT2D eigenvalue weighted by Crippen LogP contribution is 2.32. The molecule has 1 saturated heterocycles. The highest BCUT2D eigenvalue weighted by Gasteiger charge is 2.27. The molecule has 0 bridgehead atoms. The number of nitrogens with two attached hydrogens (primary N) is 1. The summed E-state index contributed by atoms with van der Waals surface area (Å²) in [6.45, 7) is 11.0. The summed E-state index contributed by atoms with van der Waals surface area (Å²) in [4.78, 5) is 13.9. The number of hydrogen-bond donors (Lipinski definition) is 3. The molecule has 1 amide bonds. The molecule has 4 N–H and O–H groups in total. The summed E-state index contributed by atoms with van der Waals surface area (Å²) in [5.41, 5.74) is 7.63. The lowest BCUT2D eigenvalue weighted by molar-refractivity contribution is 0.0205. The van der Waals surface area contributed by atoms with Crippen molar-refractivity contribution >= 4 is 17.5 Å². The molecule has 26 heavy (non-hydrogen) atoms. The topological polar surface area (TPSA) is 87.8 Å². The lowest BCUT2D eigenvalue weighted by atomic mass is 9.89. The quantitative estimate of drug-likeness (QED) is 0.712. The number of nitrogens with one attached hydrogen (secondary N) is 1. The number of nitrogen functional groups attached to an aromatic ring is 1. The zero-order valence-corrected chi connectivity index (χ0v) is 16.6. The van der Waals surface area contributed by atoms with Gasteiger partial charge in [0.05, 0.1) is 17.0 Å². The molecule has 0 aliphatic carbocycles. The first-order valence-corrected chi connectivity index (χ1v) is 9.28. The van der Waals surface area contributed by atoms with Gasteiger partial charge in [-0.3, -0.25) is 0 Å². The van der Waals surface area contributed by atoms with Gasteiger partial charge in [-0.2, -0.15) is 0 Å². The Bertz CT molecular complexity index is 624. The molecule has 0 aromatic heterocycles. The fourth-order valence-corrected chi connectivity index (χ4v) is 3.03. The molecule has 0 radical (unpaired) electrons. The molecule has 0 atom stereocenters. The van der Waals surface area contributed by atoms with Crippen molar-refractivity contribution in [2.45, 2.75) is 64.6 Å². The minimum atomic E-state index is -0.792. The van der Waals surface area contributed by atoms with Crippen LogP contribution < -0.4 is 11.1 Å². The van der Waals surface area contributed by atoms with E-state index < -0.39 is 11.2 Å². The van der Waals surface area contributed by atoms with Gasteiger partial charge < -0.3 is 25.8 Å². The van der Waals surface area contributed by atoms with Gasteiger partial charge in [-0.25, -0.2) is 4.79 Å². The fraction of sp³-hybridized carbons (Fsp3) is 0.650. The number of rotatable bonds is 4. The van der Waals surface area contributed by atoms with Crippen molar-refractivity contribution in [3.05, 3.63) is 23.8 Å². The third-order valence-electron chi connectivity index (χ3n) is 4.41. The van der Waals surface area contributed by atoms with E-state index in [2.05, 4.69) is 11.4 Å². The van der Waals surface area contributed by atoms with E-state index >= 15 is 0 Å². The van der Waals surface area contributed by atoms with Gasteiger partial charge in [-0.1, -0.05) is 6.07 Å². The number of piperidine rings is 1. The monoisotopic (exact) mass is 363 g/mol. The predicted octanol–water partition coefficient (Wildman–Crippen LogP) is 3.57. The summed E-state index contributed by atoms with van der Waals surface area (Å²) in [7, 11) is 0. The van der Waals surface area contributed by atoms with Crippen LogP contribution in [-0.4, -0.2) is 46.9 Å². The lowest BCUT2D eigenvalue weighted by Gasteiger charge is -2.33. The standard InChI is InChI=1S/C20H33N3O3/c1-19(2,3)26-18(24)23-10-8-14(9-11-23)15-6-7-17(16(21)12-15)22-13-20(4,5)25/h6-7,12,14,22,25H,8-11,13,21H2,1-5H3. The zero-order chi connectivity index (χ0) is 19.5. The molecule has 1 aromatic rings. The van der Waals surface area contributed by atoms with Crippen LogP contribution in [0.5, 0.6) is 0 Å². The molecule has 2 rings (SSSR count). The van der Waals surface area contributed by atoms with Crippen LogP contribution in [0.15, 0.2) is 18.2 Å². The molecule has 146 valence electrons. The average Bonchev–Trinajstić information content (AvgIpc) is 2.51. The van der Waals surface area contributed by atoms with Crippen LogP contribution >= 0.6 is 0 Å². The van der Waals surface area contributed by atoms with Crippen molar-refractivity contribution in [2.75, 3.05) is 30.7 Å².